The number of esters is 1. The third kappa shape index (κ3) is 5.58. The Morgan fingerprint density at radius 3 is 2.00 bits per heavy atom. The molecule has 0 aromatic heterocycles. The summed E-state index contributed by atoms with van der Waals surface area (Å²) in [5, 5.41) is 0. The van der Waals surface area contributed by atoms with Crippen LogP contribution in [0.3, 0.4) is 0 Å². The van der Waals surface area contributed by atoms with E-state index in [9.17, 15) is 14.4 Å². The minimum absolute atomic E-state index is 0.211. The van der Waals surface area contributed by atoms with E-state index in [0.717, 1.165) is 16.7 Å². The molecular formula is C32H32N2O5. The molecule has 39 heavy (non-hydrogen) atoms. The summed E-state index contributed by atoms with van der Waals surface area (Å²) in [5.41, 5.74) is 1.97. The Hall–Kier alpha value is -4.39. The fraction of sp³-hybridized carbons (Fsp3) is 0.281. The van der Waals surface area contributed by atoms with Gasteiger partial charge in [-0.05, 0) is 37.5 Å². The predicted molar refractivity (Wildman–Crippen MR) is 147 cm³/mol. The zero-order valence-electron chi connectivity index (χ0n) is 22.3. The van der Waals surface area contributed by atoms with Crippen LogP contribution in [0.15, 0.2) is 97.1 Å². The SMILES string of the molecule is CC(C)(C)OC(=O)CN1C(=O)C(N2C(=O)O[C@H](c3ccccc3)[C@@H]2c2ccccc2)[C@H]1C=Cc1ccccc1. The lowest BCUT2D eigenvalue weighted by Gasteiger charge is -2.49. The van der Waals surface area contributed by atoms with Crippen molar-refractivity contribution in [1.82, 2.24) is 9.80 Å². The number of cyclic esters (lactones) is 1. The van der Waals surface area contributed by atoms with Gasteiger partial charge in [0.1, 0.15) is 24.2 Å². The first-order valence-electron chi connectivity index (χ1n) is 13.1. The van der Waals surface area contributed by atoms with Gasteiger partial charge in [-0.2, -0.15) is 0 Å². The number of rotatable bonds is 7. The summed E-state index contributed by atoms with van der Waals surface area (Å²) in [6.07, 6.45) is 2.62. The van der Waals surface area contributed by atoms with Gasteiger partial charge in [0.2, 0.25) is 5.91 Å². The number of nitrogens with zero attached hydrogens (tertiary/aromatic N) is 2. The van der Waals surface area contributed by atoms with E-state index >= 15 is 0 Å². The van der Waals surface area contributed by atoms with E-state index in [4.69, 9.17) is 9.47 Å². The average molecular weight is 525 g/mol. The summed E-state index contributed by atoms with van der Waals surface area (Å²) in [7, 11) is 0. The summed E-state index contributed by atoms with van der Waals surface area (Å²) in [6.45, 7) is 5.14. The smallest absolute Gasteiger partial charge is 0.411 e. The summed E-state index contributed by atoms with van der Waals surface area (Å²) in [4.78, 5) is 42.8. The maximum Gasteiger partial charge on any atom is 0.411 e. The van der Waals surface area contributed by atoms with Gasteiger partial charge < -0.3 is 14.4 Å². The lowest BCUT2D eigenvalue weighted by molar-refractivity contribution is -0.168. The zero-order chi connectivity index (χ0) is 27.6. The largest absolute Gasteiger partial charge is 0.459 e. The highest BCUT2D eigenvalue weighted by atomic mass is 16.6. The Kier molecular flexibility index (Phi) is 7.24. The van der Waals surface area contributed by atoms with Crippen LogP contribution in [0.4, 0.5) is 4.79 Å². The first-order chi connectivity index (χ1) is 18.7. The zero-order valence-corrected chi connectivity index (χ0v) is 22.3. The summed E-state index contributed by atoms with van der Waals surface area (Å²) < 4.78 is 11.4. The summed E-state index contributed by atoms with van der Waals surface area (Å²) in [6, 6.07) is 26.9. The standard InChI is InChI=1S/C32H32N2O5/c1-32(2,3)39-26(35)21-33-25(20-19-22-13-7-4-8-14-22)28(30(33)36)34-27(23-15-9-5-10-16-23)29(38-31(34)37)24-17-11-6-12-18-24/h4-20,25,27-29H,21H2,1-3H3/t25-,27+,28?,29-/m1/s1. The van der Waals surface area contributed by atoms with Crippen LogP contribution in [0.1, 0.15) is 49.6 Å². The highest BCUT2D eigenvalue weighted by Crippen LogP contribution is 2.47. The molecule has 0 N–H and O–H groups in total. The number of benzene rings is 3. The molecule has 1 unspecified atom stereocenters. The van der Waals surface area contributed by atoms with Gasteiger partial charge in [-0.15, -0.1) is 0 Å². The number of likely N-dealkylation sites (tertiary alicyclic amines) is 1. The minimum atomic E-state index is -0.834. The minimum Gasteiger partial charge on any atom is -0.459 e. The molecule has 0 radical (unpaired) electrons. The predicted octanol–water partition coefficient (Wildman–Crippen LogP) is 5.56. The summed E-state index contributed by atoms with van der Waals surface area (Å²) >= 11 is 0. The molecule has 2 saturated heterocycles. The lowest BCUT2D eigenvalue weighted by Crippen LogP contribution is -2.71. The molecule has 0 aliphatic carbocycles. The van der Waals surface area contributed by atoms with Gasteiger partial charge in [0.15, 0.2) is 6.10 Å². The van der Waals surface area contributed by atoms with Crippen molar-refractivity contribution in [1.29, 1.82) is 0 Å². The van der Waals surface area contributed by atoms with E-state index in [1.54, 1.807) is 25.7 Å². The number of carbonyl (C=O) groups is 3. The quantitative estimate of drug-likeness (QED) is 0.299. The van der Waals surface area contributed by atoms with Crippen LogP contribution < -0.4 is 0 Å². The molecule has 3 aromatic rings. The molecule has 0 saturated carbocycles. The van der Waals surface area contributed by atoms with Crippen molar-refractivity contribution in [2.45, 2.75) is 50.6 Å². The average Bonchev–Trinajstić information content (AvgIpc) is 3.26. The van der Waals surface area contributed by atoms with Crippen molar-refractivity contribution in [3.8, 4) is 0 Å². The highest BCUT2D eigenvalue weighted by molar-refractivity contribution is 5.96. The van der Waals surface area contributed by atoms with Gasteiger partial charge in [0.25, 0.3) is 0 Å². The molecule has 0 spiro atoms. The molecule has 2 amide bonds. The Bertz CT molecular complexity index is 1350. The Balaban J connectivity index is 1.51. The van der Waals surface area contributed by atoms with Gasteiger partial charge in [0, 0.05) is 0 Å². The van der Waals surface area contributed by atoms with Crippen LogP contribution in [0, 0.1) is 0 Å². The van der Waals surface area contributed by atoms with E-state index in [0.29, 0.717) is 0 Å². The van der Waals surface area contributed by atoms with Gasteiger partial charge in [-0.3, -0.25) is 14.5 Å². The van der Waals surface area contributed by atoms with Crippen molar-refractivity contribution in [3.05, 3.63) is 114 Å². The topological polar surface area (TPSA) is 76.2 Å². The van der Waals surface area contributed by atoms with E-state index in [1.165, 1.54) is 4.90 Å². The van der Waals surface area contributed by atoms with Crippen LogP contribution in [-0.2, 0) is 19.1 Å². The van der Waals surface area contributed by atoms with Crippen LogP contribution in [0.25, 0.3) is 6.08 Å². The number of carbonyl (C=O) groups excluding carboxylic acids is 3. The van der Waals surface area contributed by atoms with Gasteiger partial charge in [-0.1, -0.05) is 103 Å². The summed E-state index contributed by atoms with van der Waals surface area (Å²) in [5.74, 6) is -0.826. The number of β-lactam (4-membered cyclic amide) rings is 1. The molecular weight excluding hydrogens is 492 g/mol. The van der Waals surface area contributed by atoms with Crippen molar-refractivity contribution >= 4 is 24.0 Å². The van der Waals surface area contributed by atoms with Gasteiger partial charge in [-0.25, -0.2) is 4.79 Å². The molecule has 5 rings (SSSR count). The second-order valence-corrected chi connectivity index (χ2v) is 10.7. The number of hydrogen-bond donors (Lipinski definition) is 0. The van der Waals surface area contributed by atoms with Gasteiger partial charge in [0.05, 0.1) is 6.04 Å². The van der Waals surface area contributed by atoms with Crippen LogP contribution in [0.5, 0.6) is 0 Å². The molecule has 2 aliphatic heterocycles. The fourth-order valence-electron chi connectivity index (χ4n) is 5.17. The van der Waals surface area contributed by atoms with E-state index in [1.807, 2.05) is 103 Å². The van der Waals surface area contributed by atoms with E-state index < -0.39 is 41.9 Å². The van der Waals surface area contributed by atoms with Crippen molar-refractivity contribution in [2.24, 2.45) is 0 Å². The van der Waals surface area contributed by atoms with Crippen molar-refractivity contribution in [2.75, 3.05) is 6.54 Å². The van der Waals surface area contributed by atoms with E-state index in [2.05, 4.69) is 0 Å². The van der Waals surface area contributed by atoms with Crippen molar-refractivity contribution < 1.29 is 23.9 Å². The first kappa shape index (κ1) is 26.2. The number of ether oxygens (including phenoxy) is 2. The first-order valence-corrected chi connectivity index (χ1v) is 13.1. The lowest BCUT2D eigenvalue weighted by atomic mass is 9.88. The third-order valence-corrected chi connectivity index (χ3v) is 6.82. The number of hydrogen-bond acceptors (Lipinski definition) is 5. The van der Waals surface area contributed by atoms with Crippen molar-refractivity contribution in [3.63, 3.8) is 0 Å². The van der Waals surface area contributed by atoms with E-state index in [-0.39, 0.29) is 12.5 Å². The molecule has 0 bridgehead atoms. The molecule has 2 aliphatic rings. The highest BCUT2D eigenvalue weighted by Gasteiger charge is 2.58. The Morgan fingerprint density at radius 1 is 0.846 bits per heavy atom. The maximum atomic E-state index is 13.7. The fourth-order valence-corrected chi connectivity index (χ4v) is 5.17. The monoisotopic (exact) mass is 524 g/mol. The molecule has 4 atom stereocenters. The molecule has 3 aromatic carbocycles. The second kappa shape index (κ2) is 10.8. The second-order valence-electron chi connectivity index (χ2n) is 10.7. The molecule has 7 heteroatoms. The molecule has 200 valence electrons. The number of amides is 2. The Labute approximate surface area is 228 Å². The third-order valence-electron chi connectivity index (χ3n) is 6.82. The van der Waals surface area contributed by atoms with Crippen LogP contribution in [-0.4, -0.2) is 52.0 Å². The van der Waals surface area contributed by atoms with Gasteiger partial charge >= 0.3 is 12.1 Å². The molecule has 2 heterocycles. The van der Waals surface area contributed by atoms with Crippen LogP contribution >= 0.6 is 0 Å². The maximum absolute atomic E-state index is 13.7. The Morgan fingerprint density at radius 2 is 1.41 bits per heavy atom. The van der Waals surface area contributed by atoms with Crippen LogP contribution in [0.2, 0.25) is 0 Å². The molecule has 2 fully saturated rings. The molecule has 7 nitrogen and oxygen atoms in total. The normalized spacial score (nSPS) is 23.1.